The van der Waals surface area contributed by atoms with Crippen LogP contribution in [0.5, 0.6) is 0 Å². The zero-order chi connectivity index (χ0) is 15.2. The van der Waals surface area contributed by atoms with Crippen LogP contribution in [0.4, 0.5) is 5.82 Å². The molecule has 2 aromatic rings. The van der Waals surface area contributed by atoms with Crippen LogP contribution in [0, 0.1) is 18.3 Å². The van der Waals surface area contributed by atoms with Crippen molar-refractivity contribution in [2.45, 2.75) is 6.92 Å². The number of nitrogens with zero attached hydrogens (tertiary/aromatic N) is 2. The lowest BCUT2D eigenvalue weighted by molar-refractivity contribution is -0.119. The summed E-state index contributed by atoms with van der Waals surface area (Å²) >= 11 is 0. The molecule has 0 aliphatic heterocycles. The highest BCUT2D eigenvalue weighted by Gasteiger charge is 2.11. The number of esters is 1. The number of ether oxygens (including phenoxy) is 1. The van der Waals surface area contributed by atoms with Crippen LogP contribution >= 0.6 is 0 Å². The molecule has 106 valence electrons. The fourth-order valence-corrected chi connectivity index (χ4v) is 1.56. The Morgan fingerprint density at radius 1 is 1.38 bits per heavy atom. The van der Waals surface area contributed by atoms with Gasteiger partial charge in [0.15, 0.2) is 12.4 Å². The number of nitriles is 1. The molecule has 7 heteroatoms. The van der Waals surface area contributed by atoms with Crippen LogP contribution in [0.15, 0.2) is 30.3 Å². The summed E-state index contributed by atoms with van der Waals surface area (Å²) in [6, 6.07) is 9.54. The lowest BCUT2D eigenvalue weighted by Gasteiger charge is -2.04. The van der Waals surface area contributed by atoms with Gasteiger partial charge in [-0.25, -0.2) is 4.79 Å². The third kappa shape index (κ3) is 3.91. The second-order valence-corrected chi connectivity index (χ2v) is 4.25. The number of rotatable bonds is 4. The van der Waals surface area contributed by atoms with Gasteiger partial charge in [0.2, 0.25) is 0 Å². The van der Waals surface area contributed by atoms with Crippen molar-refractivity contribution in [2.24, 2.45) is 0 Å². The molecule has 7 nitrogen and oxygen atoms in total. The monoisotopic (exact) mass is 284 g/mol. The average Bonchev–Trinajstić information content (AvgIpc) is 2.90. The largest absolute Gasteiger partial charge is 0.452 e. The number of hydrogen-bond acceptors (Lipinski definition) is 5. The molecule has 0 fully saturated rings. The minimum Gasteiger partial charge on any atom is -0.452 e. The van der Waals surface area contributed by atoms with E-state index in [-0.39, 0.29) is 5.56 Å². The molecule has 0 saturated carbocycles. The Labute approximate surface area is 120 Å². The first kappa shape index (κ1) is 14.3. The number of H-pyrrole nitrogens is 1. The molecule has 0 spiro atoms. The number of aromatic amines is 1. The summed E-state index contributed by atoms with van der Waals surface area (Å²) in [5.41, 5.74) is 1.52. The normalized spacial score (nSPS) is 9.71. The van der Waals surface area contributed by atoms with Crippen molar-refractivity contribution in [3.8, 4) is 6.07 Å². The summed E-state index contributed by atoms with van der Waals surface area (Å²) in [5, 5.41) is 17.7. The van der Waals surface area contributed by atoms with Crippen LogP contribution in [0.3, 0.4) is 0 Å². The maximum Gasteiger partial charge on any atom is 0.338 e. The molecule has 21 heavy (non-hydrogen) atoms. The Balaban J connectivity index is 1.85. The third-order valence-electron chi connectivity index (χ3n) is 2.56. The van der Waals surface area contributed by atoms with Crippen molar-refractivity contribution in [3.63, 3.8) is 0 Å². The highest BCUT2D eigenvalue weighted by Crippen LogP contribution is 2.06. The number of aryl methyl sites for hydroxylation is 1. The smallest absolute Gasteiger partial charge is 0.338 e. The molecular weight excluding hydrogens is 272 g/mol. The lowest BCUT2D eigenvalue weighted by atomic mass is 10.1. The van der Waals surface area contributed by atoms with Gasteiger partial charge in [0.1, 0.15) is 0 Å². The zero-order valence-corrected chi connectivity index (χ0v) is 11.2. The Bertz CT molecular complexity index is 698. The van der Waals surface area contributed by atoms with Gasteiger partial charge >= 0.3 is 5.97 Å². The summed E-state index contributed by atoms with van der Waals surface area (Å²) in [6.45, 7) is 1.39. The van der Waals surface area contributed by atoms with Crippen molar-refractivity contribution in [2.75, 3.05) is 11.9 Å². The number of amides is 1. The third-order valence-corrected chi connectivity index (χ3v) is 2.56. The second-order valence-electron chi connectivity index (χ2n) is 4.25. The Hall–Kier alpha value is -3.14. The van der Waals surface area contributed by atoms with Crippen LogP contribution in [-0.2, 0) is 9.53 Å². The van der Waals surface area contributed by atoms with Crippen LogP contribution in [-0.4, -0.2) is 28.7 Å². The molecule has 0 aliphatic carbocycles. The first-order valence-electron chi connectivity index (χ1n) is 6.07. The standard InChI is InChI=1S/C14H12N4O3/c1-9-6-12(18-17-9)16-13(19)8-21-14(20)11-4-2-10(7-15)3-5-11/h2-6H,8H2,1H3,(H2,16,17,18,19). The van der Waals surface area contributed by atoms with Gasteiger partial charge in [0.05, 0.1) is 17.2 Å². The minimum absolute atomic E-state index is 0.275. The van der Waals surface area contributed by atoms with Gasteiger partial charge < -0.3 is 10.1 Å². The predicted molar refractivity (Wildman–Crippen MR) is 73.4 cm³/mol. The predicted octanol–water partition coefficient (Wildman–Crippen LogP) is 1.39. The highest BCUT2D eigenvalue weighted by molar-refractivity contribution is 5.95. The van der Waals surface area contributed by atoms with Crippen LogP contribution in [0.25, 0.3) is 0 Å². The molecule has 2 rings (SSSR count). The number of benzene rings is 1. The van der Waals surface area contributed by atoms with E-state index in [0.717, 1.165) is 5.69 Å². The van der Waals surface area contributed by atoms with E-state index in [1.807, 2.05) is 6.07 Å². The molecule has 0 radical (unpaired) electrons. The van der Waals surface area contributed by atoms with Gasteiger partial charge in [-0.05, 0) is 31.2 Å². The van der Waals surface area contributed by atoms with E-state index < -0.39 is 18.5 Å². The van der Waals surface area contributed by atoms with E-state index in [9.17, 15) is 9.59 Å². The van der Waals surface area contributed by atoms with Crippen molar-refractivity contribution in [1.29, 1.82) is 5.26 Å². The number of carbonyl (C=O) groups excluding carboxylic acids is 2. The summed E-state index contributed by atoms with van der Waals surface area (Å²) < 4.78 is 4.87. The Morgan fingerprint density at radius 3 is 2.67 bits per heavy atom. The number of hydrogen-bond donors (Lipinski definition) is 2. The summed E-state index contributed by atoms with van der Waals surface area (Å²) in [7, 11) is 0. The fraction of sp³-hybridized carbons (Fsp3) is 0.143. The molecule has 0 bridgehead atoms. The highest BCUT2D eigenvalue weighted by atomic mass is 16.5. The molecule has 1 amide bonds. The molecule has 0 aliphatic rings. The second kappa shape index (κ2) is 6.34. The molecule has 0 atom stereocenters. The van der Waals surface area contributed by atoms with E-state index in [0.29, 0.717) is 11.4 Å². The van der Waals surface area contributed by atoms with E-state index in [1.165, 1.54) is 24.3 Å². The maximum absolute atomic E-state index is 11.7. The van der Waals surface area contributed by atoms with Gasteiger partial charge in [0, 0.05) is 11.8 Å². The SMILES string of the molecule is Cc1cc(NC(=O)COC(=O)c2ccc(C#N)cc2)n[nH]1. The number of nitrogens with one attached hydrogen (secondary N) is 2. The zero-order valence-electron chi connectivity index (χ0n) is 11.2. The van der Waals surface area contributed by atoms with Crippen LogP contribution in [0.1, 0.15) is 21.6 Å². The average molecular weight is 284 g/mol. The molecular formula is C14H12N4O3. The summed E-state index contributed by atoms with van der Waals surface area (Å²) in [4.78, 5) is 23.3. The first-order valence-corrected chi connectivity index (χ1v) is 6.07. The van der Waals surface area contributed by atoms with E-state index in [4.69, 9.17) is 10.00 Å². The van der Waals surface area contributed by atoms with Gasteiger partial charge in [0.25, 0.3) is 5.91 Å². The van der Waals surface area contributed by atoms with Gasteiger partial charge in [-0.1, -0.05) is 0 Å². The Morgan fingerprint density at radius 2 is 2.10 bits per heavy atom. The van der Waals surface area contributed by atoms with Crippen molar-refractivity contribution < 1.29 is 14.3 Å². The van der Waals surface area contributed by atoms with Crippen LogP contribution in [0.2, 0.25) is 0 Å². The maximum atomic E-state index is 11.7. The van der Waals surface area contributed by atoms with Crippen molar-refractivity contribution >= 4 is 17.7 Å². The first-order chi connectivity index (χ1) is 10.1. The van der Waals surface area contributed by atoms with E-state index in [1.54, 1.807) is 13.0 Å². The summed E-state index contributed by atoms with van der Waals surface area (Å²) in [6.07, 6.45) is 0. The minimum atomic E-state index is -0.632. The quantitative estimate of drug-likeness (QED) is 0.825. The van der Waals surface area contributed by atoms with Gasteiger partial charge in [-0.3, -0.25) is 9.89 Å². The van der Waals surface area contributed by atoms with Gasteiger partial charge in [-0.2, -0.15) is 10.4 Å². The fourth-order valence-electron chi connectivity index (χ4n) is 1.56. The molecule has 2 N–H and O–H groups in total. The Kier molecular flexibility index (Phi) is 4.31. The summed E-state index contributed by atoms with van der Waals surface area (Å²) in [5.74, 6) is -0.747. The number of anilines is 1. The van der Waals surface area contributed by atoms with E-state index in [2.05, 4.69) is 15.5 Å². The topological polar surface area (TPSA) is 108 Å². The van der Waals surface area contributed by atoms with Gasteiger partial charge in [-0.15, -0.1) is 0 Å². The molecule has 0 saturated heterocycles. The van der Waals surface area contributed by atoms with Crippen molar-refractivity contribution in [1.82, 2.24) is 10.2 Å². The number of carbonyl (C=O) groups is 2. The van der Waals surface area contributed by atoms with Crippen LogP contribution < -0.4 is 5.32 Å². The number of aromatic nitrogens is 2. The molecule has 1 heterocycles. The molecule has 1 aromatic carbocycles. The van der Waals surface area contributed by atoms with Crippen molar-refractivity contribution in [3.05, 3.63) is 47.2 Å². The molecule has 1 aromatic heterocycles. The molecule has 0 unspecified atom stereocenters. The van der Waals surface area contributed by atoms with E-state index >= 15 is 0 Å². The lowest BCUT2D eigenvalue weighted by Crippen LogP contribution is -2.21.